The number of hydrogen-bond acceptors (Lipinski definition) is 4. The summed E-state index contributed by atoms with van der Waals surface area (Å²) in [5, 5.41) is 2.82. The number of nitrogens with zero attached hydrogens (tertiary/aromatic N) is 1. The van der Waals surface area contributed by atoms with Gasteiger partial charge in [0.2, 0.25) is 10.0 Å². The summed E-state index contributed by atoms with van der Waals surface area (Å²) in [6.07, 6.45) is 0. The maximum Gasteiger partial charge on any atom is 0.257 e. The Labute approximate surface area is 146 Å². The first kappa shape index (κ1) is 18.3. The Balaban J connectivity index is 2.40. The molecule has 6 nitrogen and oxygen atoms in total. The van der Waals surface area contributed by atoms with E-state index in [2.05, 4.69) is 5.32 Å². The number of halogens is 1. The molecule has 0 spiro atoms. The Bertz CT molecular complexity index is 866. The van der Waals surface area contributed by atoms with Crippen molar-refractivity contribution >= 4 is 33.2 Å². The zero-order valence-corrected chi connectivity index (χ0v) is 15.0. The SMILES string of the molecule is COc1ccccc1NC(=O)c1cc(S(=O)(=O)N(C)C)ccc1Cl. The molecule has 1 N–H and O–H groups in total. The Hall–Kier alpha value is -2.09. The van der Waals surface area contributed by atoms with Crippen LogP contribution in [-0.4, -0.2) is 39.8 Å². The minimum atomic E-state index is -3.67. The first-order valence-corrected chi connectivity index (χ1v) is 8.75. The van der Waals surface area contributed by atoms with Gasteiger partial charge in [-0.15, -0.1) is 0 Å². The monoisotopic (exact) mass is 368 g/mol. The van der Waals surface area contributed by atoms with Crippen molar-refractivity contribution in [2.24, 2.45) is 0 Å². The molecular weight excluding hydrogens is 352 g/mol. The number of amides is 1. The summed E-state index contributed by atoms with van der Waals surface area (Å²) in [6.45, 7) is 0. The van der Waals surface area contributed by atoms with E-state index in [1.807, 2.05) is 0 Å². The normalized spacial score (nSPS) is 11.4. The lowest BCUT2D eigenvalue weighted by Crippen LogP contribution is -2.23. The molecule has 0 heterocycles. The second-order valence-corrected chi connectivity index (χ2v) is 7.64. The van der Waals surface area contributed by atoms with E-state index in [9.17, 15) is 13.2 Å². The van der Waals surface area contributed by atoms with E-state index in [1.165, 1.54) is 39.4 Å². The molecule has 0 aliphatic carbocycles. The van der Waals surface area contributed by atoms with Crippen LogP contribution in [0, 0.1) is 0 Å². The summed E-state index contributed by atoms with van der Waals surface area (Å²) < 4.78 is 30.7. The van der Waals surface area contributed by atoms with Crippen molar-refractivity contribution < 1.29 is 17.9 Å². The van der Waals surface area contributed by atoms with Crippen molar-refractivity contribution in [2.45, 2.75) is 4.90 Å². The van der Waals surface area contributed by atoms with Crippen LogP contribution in [0.25, 0.3) is 0 Å². The zero-order chi connectivity index (χ0) is 17.9. The number of rotatable bonds is 5. The second-order valence-electron chi connectivity index (χ2n) is 5.08. The molecule has 0 saturated carbocycles. The van der Waals surface area contributed by atoms with Crippen LogP contribution in [0.4, 0.5) is 5.69 Å². The Kier molecular flexibility index (Phi) is 5.48. The Morgan fingerprint density at radius 3 is 2.46 bits per heavy atom. The van der Waals surface area contributed by atoms with E-state index in [1.54, 1.807) is 24.3 Å². The van der Waals surface area contributed by atoms with Crippen molar-refractivity contribution in [3.05, 3.63) is 53.1 Å². The number of anilines is 1. The lowest BCUT2D eigenvalue weighted by atomic mass is 10.2. The van der Waals surface area contributed by atoms with Crippen LogP contribution in [0.3, 0.4) is 0 Å². The Morgan fingerprint density at radius 1 is 1.17 bits per heavy atom. The van der Waals surface area contributed by atoms with Gasteiger partial charge in [0, 0.05) is 14.1 Å². The van der Waals surface area contributed by atoms with Gasteiger partial charge in [0.25, 0.3) is 5.91 Å². The van der Waals surface area contributed by atoms with E-state index in [0.717, 1.165) is 4.31 Å². The van der Waals surface area contributed by atoms with Crippen LogP contribution in [0.1, 0.15) is 10.4 Å². The van der Waals surface area contributed by atoms with Crippen LogP contribution < -0.4 is 10.1 Å². The molecule has 128 valence electrons. The number of nitrogens with one attached hydrogen (secondary N) is 1. The minimum absolute atomic E-state index is 0.0120. The average Bonchev–Trinajstić information content (AvgIpc) is 2.55. The van der Waals surface area contributed by atoms with Gasteiger partial charge in [0.1, 0.15) is 5.75 Å². The summed E-state index contributed by atoms with van der Waals surface area (Å²) in [4.78, 5) is 12.5. The molecule has 2 rings (SSSR count). The van der Waals surface area contributed by atoms with E-state index < -0.39 is 15.9 Å². The summed E-state index contributed by atoms with van der Waals surface area (Å²) in [5.41, 5.74) is 0.521. The van der Waals surface area contributed by atoms with Crippen LogP contribution >= 0.6 is 11.6 Å². The fourth-order valence-corrected chi connectivity index (χ4v) is 3.12. The Morgan fingerprint density at radius 2 is 1.83 bits per heavy atom. The largest absolute Gasteiger partial charge is 0.495 e. The minimum Gasteiger partial charge on any atom is -0.495 e. The maximum absolute atomic E-state index is 12.5. The standard InChI is InChI=1S/C16H17ClN2O4S/c1-19(2)24(21,22)11-8-9-13(17)12(10-11)16(20)18-14-6-4-5-7-15(14)23-3/h4-10H,1-3H3,(H,18,20). The number of sulfonamides is 1. The third kappa shape index (κ3) is 3.69. The maximum atomic E-state index is 12.5. The quantitative estimate of drug-likeness (QED) is 0.880. The van der Waals surface area contributed by atoms with E-state index >= 15 is 0 Å². The predicted octanol–water partition coefficient (Wildman–Crippen LogP) is 2.85. The van der Waals surface area contributed by atoms with Gasteiger partial charge in [-0.3, -0.25) is 4.79 Å². The van der Waals surface area contributed by atoms with E-state index in [0.29, 0.717) is 11.4 Å². The van der Waals surface area contributed by atoms with Crippen molar-refractivity contribution in [1.82, 2.24) is 4.31 Å². The molecule has 0 aliphatic heterocycles. The van der Waals surface area contributed by atoms with Gasteiger partial charge in [-0.25, -0.2) is 12.7 Å². The summed E-state index contributed by atoms with van der Waals surface area (Å²) in [5.74, 6) is -0.0423. The highest BCUT2D eigenvalue weighted by Gasteiger charge is 2.21. The molecule has 0 fully saturated rings. The van der Waals surface area contributed by atoms with Gasteiger partial charge >= 0.3 is 0 Å². The highest BCUT2D eigenvalue weighted by Crippen LogP contribution is 2.26. The number of carbonyl (C=O) groups is 1. The number of benzene rings is 2. The summed E-state index contributed by atoms with van der Waals surface area (Å²) >= 11 is 6.06. The fraction of sp³-hybridized carbons (Fsp3) is 0.188. The number of carbonyl (C=O) groups excluding carboxylic acids is 1. The lowest BCUT2D eigenvalue weighted by molar-refractivity contribution is 0.102. The van der Waals surface area contributed by atoms with E-state index in [4.69, 9.17) is 16.3 Å². The first-order chi connectivity index (χ1) is 11.3. The molecular formula is C16H17ClN2O4S. The molecule has 0 unspecified atom stereocenters. The van der Waals surface area contributed by atoms with Gasteiger partial charge in [0.05, 0.1) is 28.3 Å². The summed E-state index contributed by atoms with van der Waals surface area (Å²) in [7, 11) is 0.653. The number of ether oxygens (including phenoxy) is 1. The third-order valence-electron chi connectivity index (χ3n) is 3.32. The molecule has 24 heavy (non-hydrogen) atoms. The predicted molar refractivity (Wildman–Crippen MR) is 93.3 cm³/mol. The molecule has 1 amide bonds. The zero-order valence-electron chi connectivity index (χ0n) is 13.4. The highest BCUT2D eigenvalue weighted by atomic mass is 35.5. The fourth-order valence-electron chi connectivity index (χ4n) is 1.99. The van der Waals surface area contributed by atoms with Crippen molar-refractivity contribution in [3.63, 3.8) is 0 Å². The molecule has 2 aromatic rings. The van der Waals surface area contributed by atoms with Crippen LogP contribution in [0.5, 0.6) is 5.75 Å². The second kappa shape index (κ2) is 7.21. The molecule has 2 aromatic carbocycles. The molecule has 0 radical (unpaired) electrons. The van der Waals surface area contributed by atoms with Crippen molar-refractivity contribution in [1.29, 1.82) is 0 Å². The summed E-state index contributed by atoms with van der Waals surface area (Å²) in [6, 6.07) is 10.9. The smallest absolute Gasteiger partial charge is 0.257 e. The molecule has 0 atom stereocenters. The van der Waals surface area contributed by atoms with Crippen molar-refractivity contribution in [3.8, 4) is 5.75 Å². The molecule has 0 aromatic heterocycles. The number of methoxy groups -OCH3 is 1. The first-order valence-electron chi connectivity index (χ1n) is 6.94. The van der Waals surface area contributed by atoms with E-state index in [-0.39, 0.29) is 15.5 Å². The number of para-hydroxylation sites is 2. The molecule has 0 saturated heterocycles. The lowest BCUT2D eigenvalue weighted by Gasteiger charge is -2.14. The van der Waals surface area contributed by atoms with Gasteiger partial charge < -0.3 is 10.1 Å². The van der Waals surface area contributed by atoms with Crippen LogP contribution in [0.2, 0.25) is 5.02 Å². The van der Waals surface area contributed by atoms with Gasteiger partial charge in [0.15, 0.2) is 0 Å². The topological polar surface area (TPSA) is 75.7 Å². The van der Waals surface area contributed by atoms with Gasteiger partial charge in [-0.05, 0) is 30.3 Å². The molecule has 0 aliphatic rings. The molecule has 8 heteroatoms. The van der Waals surface area contributed by atoms with Gasteiger partial charge in [-0.1, -0.05) is 23.7 Å². The molecule has 0 bridgehead atoms. The van der Waals surface area contributed by atoms with Gasteiger partial charge in [-0.2, -0.15) is 0 Å². The van der Waals surface area contributed by atoms with Crippen LogP contribution in [-0.2, 0) is 10.0 Å². The number of hydrogen-bond donors (Lipinski definition) is 1. The average molecular weight is 369 g/mol. The third-order valence-corrected chi connectivity index (χ3v) is 5.46. The highest BCUT2D eigenvalue weighted by molar-refractivity contribution is 7.89. The van der Waals surface area contributed by atoms with Crippen molar-refractivity contribution in [2.75, 3.05) is 26.5 Å². The van der Waals surface area contributed by atoms with Crippen LogP contribution in [0.15, 0.2) is 47.4 Å².